The molecule has 0 saturated heterocycles. The Hall–Kier alpha value is -2.77. The van der Waals surface area contributed by atoms with Gasteiger partial charge in [-0.1, -0.05) is 24.3 Å². The summed E-state index contributed by atoms with van der Waals surface area (Å²) in [5.74, 6) is 0.0830. The fraction of sp³-hybridized carbons (Fsp3) is 0.190. The first kappa shape index (κ1) is 18.6. The minimum absolute atomic E-state index is 0.0984. The molecule has 0 spiro atoms. The number of carbonyl (C=O) groups is 2. The summed E-state index contributed by atoms with van der Waals surface area (Å²) in [5, 5.41) is 10.1. The van der Waals surface area contributed by atoms with Crippen LogP contribution in [0, 0.1) is 0 Å². The third-order valence-electron chi connectivity index (χ3n) is 4.46. The number of Topliss-reactive ketones (excluding diaryl/α,β-unsaturated/α-hetero) is 1. The standard InChI is InChI=1S/C21H18N2O3S2/c1-14(24)15-6-2-3-7-18(15)26-13-21(25)23-17(20-9-5-11-28-20)12-16(22-23)19-8-4-10-27-19/h2-11,17H,12-13H2,1H3/t17-/m0/s1. The molecule has 1 amide bonds. The van der Waals surface area contributed by atoms with Crippen LogP contribution in [-0.2, 0) is 4.79 Å². The van der Waals surface area contributed by atoms with E-state index in [2.05, 4.69) is 5.10 Å². The first-order chi connectivity index (χ1) is 13.6. The minimum atomic E-state index is -0.233. The zero-order valence-electron chi connectivity index (χ0n) is 15.2. The van der Waals surface area contributed by atoms with Crippen molar-refractivity contribution in [2.45, 2.75) is 19.4 Å². The molecule has 5 nitrogen and oxygen atoms in total. The van der Waals surface area contributed by atoms with Crippen LogP contribution in [0.15, 0.2) is 64.4 Å². The number of ether oxygens (including phenoxy) is 1. The van der Waals surface area contributed by atoms with Gasteiger partial charge >= 0.3 is 0 Å². The number of ketones is 1. The molecule has 28 heavy (non-hydrogen) atoms. The van der Waals surface area contributed by atoms with Gasteiger partial charge in [0, 0.05) is 11.3 Å². The summed E-state index contributed by atoms with van der Waals surface area (Å²) in [4.78, 5) is 26.9. The van der Waals surface area contributed by atoms with E-state index in [0.29, 0.717) is 17.7 Å². The van der Waals surface area contributed by atoms with Crippen molar-refractivity contribution < 1.29 is 14.3 Å². The largest absolute Gasteiger partial charge is 0.483 e. The van der Waals surface area contributed by atoms with Crippen molar-refractivity contribution in [3.63, 3.8) is 0 Å². The average molecular weight is 411 g/mol. The molecule has 0 fully saturated rings. The molecule has 142 valence electrons. The lowest BCUT2D eigenvalue weighted by atomic mass is 10.1. The lowest BCUT2D eigenvalue weighted by molar-refractivity contribution is -0.135. The van der Waals surface area contributed by atoms with E-state index >= 15 is 0 Å². The van der Waals surface area contributed by atoms with Crippen molar-refractivity contribution in [1.82, 2.24) is 5.01 Å². The number of carbonyl (C=O) groups excluding carboxylic acids is 2. The second-order valence-corrected chi connectivity index (χ2v) is 8.27. The predicted molar refractivity (Wildman–Crippen MR) is 111 cm³/mol. The van der Waals surface area contributed by atoms with Gasteiger partial charge in [-0.05, 0) is 41.9 Å². The van der Waals surface area contributed by atoms with Crippen LogP contribution < -0.4 is 4.74 Å². The first-order valence-electron chi connectivity index (χ1n) is 8.83. The van der Waals surface area contributed by atoms with Crippen LogP contribution in [0.25, 0.3) is 0 Å². The number of amides is 1. The highest BCUT2D eigenvalue weighted by atomic mass is 32.1. The topological polar surface area (TPSA) is 59.0 Å². The van der Waals surface area contributed by atoms with Crippen molar-refractivity contribution >= 4 is 40.1 Å². The van der Waals surface area contributed by atoms with Gasteiger partial charge in [0.15, 0.2) is 12.4 Å². The van der Waals surface area contributed by atoms with Crippen molar-refractivity contribution in [3.05, 3.63) is 74.6 Å². The summed E-state index contributed by atoms with van der Waals surface area (Å²) in [7, 11) is 0. The summed E-state index contributed by atoms with van der Waals surface area (Å²) in [6, 6.07) is 14.8. The normalized spacial score (nSPS) is 16.1. The lowest BCUT2D eigenvalue weighted by Gasteiger charge is -2.21. The molecule has 0 aliphatic carbocycles. The van der Waals surface area contributed by atoms with Gasteiger partial charge in [-0.25, -0.2) is 5.01 Å². The number of rotatable bonds is 6. The lowest BCUT2D eigenvalue weighted by Crippen LogP contribution is -2.31. The van der Waals surface area contributed by atoms with E-state index in [0.717, 1.165) is 15.5 Å². The van der Waals surface area contributed by atoms with Crippen molar-refractivity contribution in [2.24, 2.45) is 5.10 Å². The summed E-state index contributed by atoms with van der Waals surface area (Å²) in [5.41, 5.74) is 1.38. The van der Waals surface area contributed by atoms with Gasteiger partial charge in [0.2, 0.25) is 0 Å². The molecule has 1 aromatic carbocycles. The SMILES string of the molecule is CC(=O)c1ccccc1OCC(=O)N1N=C(c2cccs2)C[C@H]1c1cccs1. The molecule has 0 N–H and O–H groups in total. The van der Waals surface area contributed by atoms with Gasteiger partial charge in [0.25, 0.3) is 5.91 Å². The molecule has 1 atom stereocenters. The van der Waals surface area contributed by atoms with E-state index in [1.165, 1.54) is 11.9 Å². The monoisotopic (exact) mass is 410 g/mol. The molecule has 0 saturated carbocycles. The van der Waals surface area contributed by atoms with Gasteiger partial charge in [-0.2, -0.15) is 5.10 Å². The van der Waals surface area contributed by atoms with Crippen molar-refractivity contribution in [1.29, 1.82) is 0 Å². The third kappa shape index (κ3) is 3.76. The molecule has 0 radical (unpaired) electrons. The molecular weight excluding hydrogens is 392 g/mol. The number of hydrazone groups is 1. The molecule has 2 aromatic heterocycles. The van der Waals surface area contributed by atoms with Crippen LogP contribution in [0.2, 0.25) is 0 Å². The van der Waals surface area contributed by atoms with Gasteiger partial charge in [0.1, 0.15) is 5.75 Å². The molecule has 3 heterocycles. The maximum absolute atomic E-state index is 12.9. The van der Waals surface area contributed by atoms with Gasteiger partial charge in [0.05, 0.1) is 22.2 Å². The molecule has 7 heteroatoms. The quantitative estimate of drug-likeness (QED) is 0.550. The smallest absolute Gasteiger partial charge is 0.281 e. The average Bonchev–Trinajstić information content (AvgIpc) is 3.46. The summed E-state index contributed by atoms with van der Waals surface area (Å²) >= 11 is 3.23. The maximum Gasteiger partial charge on any atom is 0.281 e. The molecule has 1 aliphatic rings. The zero-order valence-corrected chi connectivity index (χ0v) is 16.8. The van der Waals surface area contributed by atoms with Crippen LogP contribution >= 0.6 is 22.7 Å². The van der Waals surface area contributed by atoms with Gasteiger partial charge in [-0.15, -0.1) is 22.7 Å². The predicted octanol–water partition coefficient (Wildman–Crippen LogP) is 4.77. The second-order valence-electron chi connectivity index (χ2n) is 6.34. The van der Waals surface area contributed by atoms with Crippen LogP contribution in [0.3, 0.4) is 0 Å². The van der Waals surface area contributed by atoms with Crippen LogP contribution in [0.4, 0.5) is 0 Å². The highest BCUT2D eigenvalue weighted by molar-refractivity contribution is 7.12. The summed E-state index contributed by atoms with van der Waals surface area (Å²) < 4.78 is 5.69. The highest BCUT2D eigenvalue weighted by Gasteiger charge is 2.34. The van der Waals surface area contributed by atoms with Crippen LogP contribution in [-0.4, -0.2) is 29.0 Å². The number of hydrogen-bond donors (Lipinski definition) is 0. The highest BCUT2D eigenvalue weighted by Crippen LogP contribution is 2.36. The van der Waals surface area contributed by atoms with E-state index in [1.54, 1.807) is 46.9 Å². The molecule has 1 aliphatic heterocycles. The number of benzene rings is 1. The van der Waals surface area contributed by atoms with E-state index in [9.17, 15) is 9.59 Å². The Morgan fingerprint density at radius 3 is 2.61 bits per heavy atom. The van der Waals surface area contributed by atoms with E-state index in [1.807, 2.05) is 35.0 Å². The fourth-order valence-electron chi connectivity index (χ4n) is 3.12. The van der Waals surface area contributed by atoms with Gasteiger partial charge in [-0.3, -0.25) is 9.59 Å². The van der Waals surface area contributed by atoms with Crippen LogP contribution in [0.1, 0.15) is 39.5 Å². The molecule has 0 bridgehead atoms. The first-order valence-corrected chi connectivity index (χ1v) is 10.6. The van der Waals surface area contributed by atoms with Gasteiger partial charge < -0.3 is 4.74 Å². The third-order valence-corrected chi connectivity index (χ3v) is 6.35. The van der Waals surface area contributed by atoms with Crippen molar-refractivity contribution in [3.8, 4) is 5.75 Å². The Kier molecular flexibility index (Phi) is 5.36. The second kappa shape index (κ2) is 8.08. The molecule has 3 aromatic rings. The van der Waals surface area contributed by atoms with E-state index < -0.39 is 0 Å². The number of thiophene rings is 2. The fourth-order valence-corrected chi connectivity index (χ4v) is 4.66. The van der Waals surface area contributed by atoms with E-state index in [-0.39, 0.29) is 24.3 Å². The van der Waals surface area contributed by atoms with E-state index in [4.69, 9.17) is 4.74 Å². The molecular formula is C21H18N2O3S2. The zero-order chi connectivity index (χ0) is 19.5. The Balaban J connectivity index is 1.55. The van der Waals surface area contributed by atoms with Crippen LogP contribution in [0.5, 0.6) is 5.75 Å². The number of hydrogen-bond acceptors (Lipinski definition) is 6. The Morgan fingerprint density at radius 1 is 1.11 bits per heavy atom. The molecule has 0 unspecified atom stereocenters. The Labute approximate surface area is 170 Å². The Bertz CT molecular complexity index is 1010. The molecule has 4 rings (SSSR count). The summed E-state index contributed by atoms with van der Waals surface area (Å²) in [6.45, 7) is 1.31. The Morgan fingerprint density at radius 2 is 1.89 bits per heavy atom. The summed E-state index contributed by atoms with van der Waals surface area (Å²) in [6.07, 6.45) is 0.677. The minimum Gasteiger partial charge on any atom is -0.483 e. The maximum atomic E-state index is 12.9. The number of nitrogens with zero attached hydrogens (tertiary/aromatic N) is 2. The number of para-hydroxylation sites is 1. The van der Waals surface area contributed by atoms with Crippen molar-refractivity contribution in [2.75, 3.05) is 6.61 Å².